The van der Waals surface area contributed by atoms with Gasteiger partial charge in [0.2, 0.25) is 0 Å². The first kappa shape index (κ1) is 23.0. The summed E-state index contributed by atoms with van der Waals surface area (Å²) < 4.78 is 41.9. The summed E-state index contributed by atoms with van der Waals surface area (Å²) in [7, 11) is -2.93. The van der Waals surface area contributed by atoms with Crippen molar-refractivity contribution in [2.24, 2.45) is 28.6 Å². The third-order valence-corrected chi connectivity index (χ3v) is 10.7. The van der Waals surface area contributed by atoms with Crippen LogP contribution in [0.4, 0.5) is 0 Å². The van der Waals surface area contributed by atoms with Crippen LogP contribution in [0.5, 0.6) is 0 Å². The predicted octanol–water partition coefficient (Wildman–Crippen LogP) is 1.28. The van der Waals surface area contributed by atoms with Crippen LogP contribution in [0.3, 0.4) is 0 Å². The van der Waals surface area contributed by atoms with Gasteiger partial charge in [0, 0.05) is 11.8 Å². The fourth-order valence-electron chi connectivity index (χ4n) is 8.35. The van der Waals surface area contributed by atoms with E-state index < -0.39 is 73.6 Å². The SMILES string of the molecule is C=C1C[C@]23C[C@@]1(O)CCC2[C@@]12CC[C@H](OS(=O)(=O)CC(C)=O)[C@](C)(C(=O)O1)C2[C@@H]3C(=O)OC. The number of esters is 2. The molecule has 5 rings (SSSR count). The Labute approximate surface area is 193 Å². The van der Waals surface area contributed by atoms with Gasteiger partial charge in [-0.15, -0.1) is 0 Å². The number of aliphatic hydroxyl groups is 1. The van der Waals surface area contributed by atoms with Crippen LogP contribution >= 0.6 is 0 Å². The molecule has 4 saturated carbocycles. The second kappa shape index (κ2) is 6.66. The molecule has 5 fully saturated rings. The molecular weight excluding hydrogens is 452 g/mol. The van der Waals surface area contributed by atoms with Gasteiger partial charge in [-0.25, -0.2) is 0 Å². The Kier molecular flexibility index (Phi) is 4.64. The Morgan fingerprint density at radius 3 is 2.61 bits per heavy atom. The summed E-state index contributed by atoms with van der Waals surface area (Å²) >= 11 is 0. The van der Waals surface area contributed by atoms with E-state index in [1.807, 2.05) is 0 Å². The van der Waals surface area contributed by atoms with Crippen LogP contribution in [0.2, 0.25) is 0 Å². The standard InChI is InChI=1S/C23H30O9S/c1-12-9-21-11-22(12,27)7-5-14(21)23-8-6-15(32-33(28,29)10-13(2)24)20(3,19(26)31-23)17(23)16(21)18(25)30-4/h14-17,27H,1,5-11H2,2-4H3/t14?,15-,16+,17?,20-,21-,22-,23+/m0/s1. The summed E-state index contributed by atoms with van der Waals surface area (Å²) in [6.45, 7) is 6.86. The summed E-state index contributed by atoms with van der Waals surface area (Å²) in [5.41, 5.74) is -3.46. The molecule has 2 unspecified atom stereocenters. The third kappa shape index (κ3) is 2.71. The van der Waals surface area contributed by atoms with Gasteiger partial charge in [0.05, 0.1) is 24.7 Å². The van der Waals surface area contributed by atoms with Gasteiger partial charge in [-0.2, -0.15) is 8.42 Å². The van der Waals surface area contributed by atoms with E-state index >= 15 is 0 Å². The van der Waals surface area contributed by atoms with Crippen molar-refractivity contribution in [2.75, 3.05) is 12.9 Å². The van der Waals surface area contributed by atoms with Crippen molar-refractivity contribution in [3.05, 3.63) is 12.2 Å². The number of Topliss-reactive ketones (excluding diaryl/α,β-unsaturated/α-hetero) is 1. The van der Waals surface area contributed by atoms with Crippen molar-refractivity contribution in [3.8, 4) is 0 Å². The minimum Gasteiger partial charge on any atom is -0.469 e. The monoisotopic (exact) mass is 482 g/mol. The minimum atomic E-state index is -4.23. The van der Waals surface area contributed by atoms with Crippen molar-refractivity contribution in [1.29, 1.82) is 0 Å². The maximum Gasteiger partial charge on any atom is 0.315 e. The normalized spacial score (nSPS) is 47.6. The lowest BCUT2D eigenvalue weighted by molar-refractivity contribution is -0.164. The molecular formula is C23H30O9S. The molecule has 182 valence electrons. The number of methoxy groups -OCH3 is 1. The Balaban J connectivity index is 1.64. The maximum atomic E-state index is 13.4. The van der Waals surface area contributed by atoms with Gasteiger partial charge in [-0.1, -0.05) is 6.58 Å². The molecule has 8 atom stereocenters. The van der Waals surface area contributed by atoms with Gasteiger partial charge >= 0.3 is 11.9 Å². The topological polar surface area (TPSA) is 133 Å². The quantitative estimate of drug-likeness (QED) is 0.349. The molecule has 5 aliphatic rings. The fourth-order valence-corrected chi connectivity index (χ4v) is 9.56. The van der Waals surface area contributed by atoms with E-state index in [1.165, 1.54) is 7.11 Å². The van der Waals surface area contributed by atoms with Crippen LogP contribution in [0.25, 0.3) is 0 Å². The van der Waals surface area contributed by atoms with E-state index in [-0.39, 0.29) is 12.3 Å². The van der Waals surface area contributed by atoms with Crippen molar-refractivity contribution >= 4 is 27.8 Å². The number of hydrogen-bond acceptors (Lipinski definition) is 9. The molecule has 0 aromatic rings. The van der Waals surface area contributed by atoms with Gasteiger partial charge < -0.3 is 14.6 Å². The van der Waals surface area contributed by atoms with Gasteiger partial charge in [-0.3, -0.25) is 18.6 Å². The Morgan fingerprint density at radius 2 is 1.97 bits per heavy atom. The highest BCUT2D eigenvalue weighted by molar-refractivity contribution is 7.87. The number of carbonyl (C=O) groups is 3. The first-order valence-corrected chi connectivity index (χ1v) is 13.0. The Hall–Kier alpha value is -1.78. The molecule has 10 heteroatoms. The smallest absolute Gasteiger partial charge is 0.315 e. The first-order chi connectivity index (χ1) is 15.3. The van der Waals surface area contributed by atoms with E-state index in [0.29, 0.717) is 37.7 Å². The highest BCUT2D eigenvalue weighted by Gasteiger charge is 2.84. The zero-order chi connectivity index (χ0) is 24.2. The summed E-state index contributed by atoms with van der Waals surface area (Å²) in [6.07, 6.45) is 1.31. The number of fused-ring (bicyclic) bond motifs is 1. The summed E-state index contributed by atoms with van der Waals surface area (Å²) in [6, 6.07) is 0. The van der Waals surface area contributed by atoms with E-state index in [2.05, 4.69) is 6.58 Å². The number of ketones is 1. The average molecular weight is 483 g/mol. The fraction of sp³-hybridized carbons (Fsp3) is 0.783. The van der Waals surface area contributed by atoms with Gasteiger partial charge in [0.1, 0.15) is 22.6 Å². The highest BCUT2D eigenvalue weighted by atomic mass is 32.2. The molecule has 0 radical (unpaired) electrons. The molecule has 0 aromatic carbocycles. The van der Waals surface area contributed by atoms with Crippen LogP contribution < -0.4 is 0 Å². The molecule has 1 heterocycles. The molecule has 1 N–H and O–H groups in total. The molecule has 1 spiro atoms. The zero-order valence-corrected chi connectivity index (χ0v) is 19.9. The lowest BCUT2D eigenvalue weighted by atomic mass is 9.59. The molecule has 4 aliphatic carbocycles. The van der Waals surface area contributed by atoms with Crippen LogP contribution in [-0.4, -0.2) is 61.4 Å². The van der Waals surface area contributed by atoms with E-state index in [0.717, 1.165) is 6.92 Å². The van der Waals surface area contributed by atoms with E-state index in [1.54, 1.807) is 6.92 Å². The zero-order valence-electron chi connectivity index (χ0n) is 19.1. The Bertz CT molecular complexity index is 1080. The van der Waals surface area contributed by atoms with Gasteiger partial charge in [0.15, 0.2) is 0 Å². The molecule has 9 nitrogen and oxygen atoms in total. The maximum absolute atomic E-state index is 13.4. The Morgan fingerprint density at radius 1 is 1.27 bits per heavy atom. The second-order valence-corrected chi connectivity index (χ2v) is 12.5. The molecule has 4 bridgehead atoms. The van der Waals surface area contributed by atoms with E-state index in [9.17, 15) is 27.9 Å². The van der Waals surface area contributed by atoms with Crippen LogP contribution in [0, 0.1) is 28.6 Å². The molecule has 1 saturated heterocycles. The molecule has 1 aliphatic heterocycles. The van der Waals surface area contributed by atoms with Crippen molar-refractivity contribution < 1.29 is 41.6 Å². The number of hydrogen-bond donors (Lipinski definition) is 1. The van der Waals surface area contributed by atoms with Crippen LogP contribution in [0.15, 0.2) is 12.2 Å². The van der Waals surface area contributed by atoms with Gasteiger partial charge in [0.25, 0.3) is 10.1 Å². The molecule has 0 aromatic heterocycles. The number of ether oxygens (including phenoxy) is 2. The molecule has 33 heavy (non-hydrogen) atoms. The number of carbonyl (C=O) groups excluding carboxylic acids is 3. The van der Waals surface area contributed by atoms with Crippen molar-refractivity contribution in [1.82, 2.24) is 0 Å². The first-order valence-electron chi connectivity index (χ1n) is 11.4. The second-order valence-electron chi connectivity index (χ2n) is 10.9. The van der Waals surface area contributed by atoms with E-state index in [4.69, 9.17) is 13.7 Å². The summed E-state index contributed by atoms with van der Waals surface area (Å²) in [5.74, 6) is -4.08. The molecule has 0 amide bonds. The van der Waals surface area contributed by atoms with Crippen LogP contribution in [-0.2, 0) is 38.2 Å². The van der Waals surface area contributed by atoms with Gasteiger partial charge in [-0.05, 0) is 63.4 Å². The number of rotatable bonds is 5. The largest absolute Gasteiger partial charge is 0.469 e. The average Bonchev–Trinajstić information content (AvgIpc) is 3.12. The third-order valence-electron chi connectivity index (χ3n) is 9.36. The van der Waals surface area contributed by atoms with Crippen LogP contribution in [0.1, 0.15) is 52.4 Å². The highest BCUT2D eigenvalue weighted by Crippen LogP contribution is 2.78. The minimum absolute atomic E-state index is 0.181. The predicted molar refractivity (Wildman–Crippen MR) is 113 cm³/mol. The summed E-state index contributed by atoms with van der Waals surface area (Å²) in [4.78, 5) is 38.1. The lowest BCUT2D eigenvalue weighted by Gasteiger charge is -2.46. The summed E-state index contributed by atoms with van der Waals surface area (Å²) in [5, 5.41) is 11.2. The lowest BCUT2D eigenvalue weighted by Crippen LogP contribution is -2.54. The van der Waals surface area contributed by atoms with Crippen molar-refractivity contribution in [3.63, 3.8) is 0 Å². The van der Waals surface area contributed by atoms with Crippen molar-refractivity contribution in [2.45, 2.75) is 69.7 Å².